The summed E-state index contributed by atoms with van der Waals surface area (Å²) in [5, 5.41) is 4.17. The highest BCUT2D eigenvalue weighted by molar-refractivity contribution is 6.04. The SMILES string of the molecule is [2H]c1c([2H])c([2H])c(C2(c3cccc4ccccc34)c3ccccc3-c3ccc(-c4ccc5c(c4)-c4cccc6cccc(c46)O5)cc32)c([2H])c1[2H]. The molecule has 10 rings (SSSR count). The van der Waals surface area contributed by atoms with E-state index in [2.05, 4.69) is 84.9 Å². The number of hydrogen-bond donors (Lipinski definition) is 0. The van der Waals surface area contributed by atoms with Gasteiger partial charge in [-0.1, -0.05) is 145 Å². The number of fused-ring (bicyclic) bond motifs is 6. The van der Waals surface area contributed by atoms with E-state index in [-0.39, 0.29) is 29.7 Å². The molecule has 1 heteroatoms. The average Bonchev–Trinajstić information content (AvgIpc) is 3.46. The normalized spacial score (nSPS) is 17.2. The zero-order chi connectivity index (χ0) is 34.6. The van der Waals surface area contributed by atoms with E-state index >= 15 is 0 Å². The second kappa shape index (κ2) is 9.54. The predicted octanol–water partition coefficient (Wildman–Crippen LogP) is 11.8. The predicted molar refractivity (Wildman–Crippen MR) is 190 cm³/mol. The van der Waals surface area contributed by atoms with Crippen LogP contribution in [0.5, 0.6) is 11.5 Å². The number of ether oxygens (including phenoxy) is 1. The van der Waals surface area contributed by atoms with Gasteiger partial charge in [0, 0.05) is 10.9 Å². The van der Waals surface area contributed by atoms with E-state index in [1.54, 1.807) is 0 Å². The second-order valence-electron chi connectivity index (χ2n) is 12.1. The Bertz CT molecular complexity index is 2770. The molecule has 1 unspecified atom stereocenters. The Morgan fingerprint density at radius 2 is 1.13 bits per heavy atom. The van der Waals surface area contributed by atoms with Gasteiger partial charge < -0.3 is 4.74 Å². The van der Waals surface area contributed by atoms with E-state index in [1.165, 1.54) is 0 Å². The molecule has 1 nitrogen and oxygen atoms in total. The highest BCUT2D eigenvalue weighted by atomic mass is 16.5. The van der Waals surface area contributed by atoms with E-state index < -0.39 is 11.5 Å². The van der Waals surface area contributed by atoms with Gasteiger partial charge in [0.1, 0.15) is 11.5 Å². The summed E-state index contributed by atoms with van der Waals surface area (Å²) < 4.78 is 51.4. The first-order valence-corrected chi connectivity index (χ1v) is 15.5. The third-order valence-corrected chi connectivity index (χ3v) is 9.80. The van der Waals surface area contributed by atoms with Crippen LogP contribution >= 0.6 is 0 Å². The minimum atomic E-state index is -1.22. The van der Waals surface area contributed by atoms with Crippen molar-refractivity contribution >= 4 is 21.5 Å². The molecule has 1 aliphatic carbocycles. The molecule has 0 amide bonds. The molecule has 214 valence electrons. The first kappa shape index (κ1) is 20.9. The zero-order valence-corrected chi connectivity index (χ0v) is 24.7. The minimum absolute atomic E-state index is 0.209. The molecule has 0 aromatic heterocycles. The largest absolute Gasteiger partial charge is 0.456 e. The summed E-state index contributed by atoms with van der Waals surface area (Å²) in [4.78, 5) is 0. The summed E-state index contributed by atoms with van der Waals surface area (Å²) in [5.74, 6) is 1.64. The van der Waals surface area contributed by atoms with Crippen molar-refractivity contribution in [1.82, 2.24) is 0 Å². The molecular formula is C45H28O. The van der Waals surface area contributed by atoms with Gasteiger partial charge in [0.15, 0.2) is 0 Å². The molecule has 8 aromatic rings. The average molecular weight is 590 g/mol. The van der Waals surface area contributed by atoms with Crippen molar-refractivity contribution in [3.8, 4) is 44.9 Å². The molecule has 0 radical (unpaired) electrons. The van der Waals surface area contributed by atoms with Gasteiger partial charge in [-0.25, -0.2) is 0 Å². The van der Waals surface area contributed by atoms with Gasteiger partial charge in [0.2, 0.25) is 0 Å². The van der Waals surface area contributed by atoms with Crippen molar-refractivity contribution in [3.63, 3.8) is 0 Å². The topological polar surface area (TPSA) is 9.23 Å². The molecule has 0 fully saturated rings. The van der Waals surface area contributed by atoms with Crippen LogP contribution in [-0.4, -0.2) is 0 Å². The monoisotopic (exact) mass is 589 g/mol. The summed E-state index contributed by atoms with van der Waals surface area (Å²) in [6.07, 6.45) is 0. The Morgan fingerprint density at radius 3 is 2.07 bits per heavy atom. The van der Waals surface area contributed by atoms with E-state index in [4.69, 9.17) is 8.85 Å². The summed E-state index contributed by atoms with van der Waals surface area (Å²) in [6, 6.07) is 45.9. The first-order valence-electron chi connectivity index (χ1n) is 18.0. The van der Waals surface area contributed by atoms with E-state index in [0.717, 1.165) is 83.1 Å². The van der Waals surface area contributed by atoms with Crippen LogP contribution in [-0.2, 0) is 5.41 Å². The maximum absolute atomic E-state index is 9.42. The summed E-state index contributed by atoms with van der Waals surface area (Å²) >= 11 is 0. The van der Waals surface area contributed by atoms with Crippen LogP contribution in [0.4, 0.5) is 0 Å². The highest BCUT2D eigenvalue weighted by Gasteiger charge is 2.46. The summed E-state index contributed by atoms with van der Waals surface area (Å²) in [5.41, 5.74) is 7.64. The molecule has 0 saturated heterocycles. The van der Waals surface area contributed by atoms with E-state index in [9.17, 15) is 2.74 Å². The van der Waals surface area contributed by atoms with Crippen LogP contribution in [0.3, 0.4) is 0 Å². The van der Waals surface area contributed by atoms with E-state index in [0.29, 0.717) is 0 Å². The molecule has 0 bridgehead atoms. The van der Waals surface area contributed by atoms with Crippen molar-refractivity contribution in [1.29, 1.82) is 0 Å². The van der Waals surface area contributed by atoms with Gasteiger partial charge in [-0.15, -0.1) is 0 Å². The minimum Gasteiger partial charge on any atom is -0.456 e. The van der Waals surface area contributed by atoms with Crippen LogP contribution in [0.25, 0.3) is 54.9 Å². The molecule has 2 aliphatic rings. The third kappa shape index (κ3) is 3.40. The number of hydrogen-bond acceptors (Lipinski definition) is 1. The quantitative estimate of drug-likeness (QED) is 0.199. The number of benzene rings is 8. The fourth-order valence-electron chi connectivity index (χ4n) is 7.89. The molecule has 46 heavy (non-hydrogen) atoms. The maximum atomic E-state index is 9.42. The fraction of sp³-hybridized carbons (Fsp3) is 0.0222. The molecular weight excluding hydrogens is 556 g/mol. The maximum Gasteiger partial charge on any atom is 0.135 e. The standard InChI is InChI=1S/C45H28O/c1-2-15-33(16-3-1)45(39-21-9-12-29-11-4-5-17-34(29)39)40-20-7-6-18-35(40)36-25-23-32(28-41(36)45)31-24-26-42-38(27-31)37-19-8-13-30-14-10-22-43(46-42)44(30)37/h1-28H/i1D,2D,3D,15D,16D. The Kier molecular flexibility index (Phi) is 4.34. The van der Waals surface area contributed by atoms with Crippen molar-refractivity contribution in [3.05, 3.63) is 192 Å². The van der Waals surface area contributed by atoms with Gasteiger partial charge in [-0.05, 0) is 90.5 Å². The lowest BCUT2D eigenvalue weighted by molar-refractivity contribution is 0.487. The zero-order valence-electron chi connectivity index (χ0n) is 29.7. The fourth-order valence-corrected chi connectivity index (χ4v) is 7.89. The van der Waals surface area contributed by atoms with Crippen LogP contribution in [0.15, 0.2) is 170 Å². The molecule has 8 aromatic carbocycles. The van der Waals surface area contributed by atoms with Gasteiger partial charge in [-0.2, -0.15) is 0 Å². The third-order valence-electron chi connectivity index (χ3n) is 9.80. The molecule has 0 spiro atoms. The molecule has 0 N–H and O–H groups in total. The van der Waals surface area contributed by atoms with Crippen molar-refractivity contribution in [2.24, 2.45) is 0 Å². The van der Waals surface area contributed by atoms with Crippen molar-refractivity contribution in [2.75, 3.05) is 0 Å². The first-order chi connectivity index (χ1) is 24.9. The Morgan fingerprint density at radius 1 is 0.457 bits per heavy atom. The van der Waals surface area contributed by atoms with Crippen LogP contribution < -0.4 is 4.74 Å². The molecule has 1 heterocycles. The van der Waals surface area contributed by atoms with Crippen LogP contribution in [0, 0.1) is 0 Å². The Balaban J connectivity index is 1.30. The molecule has 1 atom stereocenters. The van der Waals surface area contributed by atoms with Gasteiger partial charge >= 0.3 is 0 Å². The lowest BCUT2D eigenvalue weighted by Gasteiger charge is -2.35. The van der Waals surface area contributed by atoms with Gasteiger partial charge in [0.25, 0.3) is 0 Å². The molecule has 1 aliphatic heterocycles. The Labute approximate surface area is 275 Å². The van der Waals surface area contributed by atoms with E-state index in [1.807, 2.05) is 54.6 Å². The second-order valence-corrected chi connectivity index (χ2v) is 12.1. The van der Waals surface area contributed by atoms with Gasteiger partial charge in [-0.3, -0.25) is 0 Å². The smallest absolute Gasteiger partial charge is 0.135 e. The molecule has 0 saturated carbocycles. The van der Waals surface area contributed by atoms with Crippen LogP contribution in [0.2, 0.25) is 0 Å². The lowest BCUT2D eigenvalue weighted by Crippen LogP contribution is -2.29. The highest BCUT2D eigenvalue weighted by Crippen LogP contribution is 2.58. The summed E-state index contributed by atoms with van der Waals surface area (Å²) in [7, 11) is 0. The Hall–Kier alpha value is -5.92. The number of rotatable bonds is 3. The van der Waals surface area contributed by atoms with Crippen LogP contribution in [0.1, 0.15) is 29.1 Å². The van der Waals surface area contributed by atoms with Crippen molar-refractivity contribution < 1.29 is 11.6 Å². The van der Waals surface area contributed by atoms with Gasteiger partial charge in [0.05, 0.1) is 12.3 Å². The van der Waals surface area contributed by atoms with Crippen molar-refractivity contribution in [2.45, 2.75) is 5.41 Å². The lowest BCUT2D eigenvalue weighted by atomic mass is 9.66. The summed E-state index contributed by atoms with van der Waals surface area (Å²) in [6.45, 7) is 0.